The standard InChI is InChI=1S/C14H16Cl2N4O/c1-18-12(8-11(15)13(18)16)14(21)20-7-2-4-10(20)9-19-6-3-5-17-19/h3,5-6,8,10H,2,4,7,9H2,1H3/t10-/m0/s1. The van der Waals surface area contributed by atoms with Crippen molar-refractivity contribution in [1.82, 2.24) is 19.2 Å². The van der Waals surface area contributed by atoms with Gasteiger partial charge in [-0.05, 0) is 25.0 Å². The number of hydrogen-bond acceptors (Lipinski definition) is 2. The summed E-state index contributed by atoms with van der Waals surface area (Å²) in [4.78, 5) is 14.6. The maximum atomic E-state index is 12.7. The van der Waals surface area contributed by atoms with Crippen LogP contribution in [0, 0.1) is 0 Å². The van der Waals surface area contributed by atoms with Crippen molar-refractivity contribution in [2.45, 2.75) is 25.4 Å². The molecular formula is C14H16Cl2N4O. The fraction of sp³-hybridized carbons (Fsp3) is 0.429. The van der Waals surface area contributed by atoms with Crippen LogP contribution in [0.1, 0.15) is 23.3 Å². The predicted molar refractivity (Wildman–Crippen MR) is 81.7 cm³/mol. The van der Waals surface area contributed by atoms with Gasteiger partial charge in [-0.25, -0.2) is 0 Å². The lowest BCUT2D eigenvalue weighted by atomic mass is 10.2. The van der Waals surface area contributed by atoms with Crippen LogP contribution in [0.3, 0.4) is 0 Å². The van der Waals surface area contributed by atoms with Crippen molar-refractivity contribution in [3.63, 3.8) is 0 Å². The first-order valence-corrected chi connectivity index (χ1v) is 7.62. The van der Waals surface area contributed by atoms with Crippen LogP contribution in [0.25, 0.3) is 0 Å². The van der Waals surface area contributed by atoms with Crippen LogP contribution in [0.5, 0.6) is 0 Å². The van der Waals surface area contributed by atoms with Gasteiger partial charge in [0.1, 0.15) is 10.8 Å². The smallest absolute Gasteiger partial charge is 0.270 e. The number of nitrogens with zero attached hydrogens (tertiary/aromatic N) is 4. The topological polar surface area (TPSA) is 43.1 Å². The largest absolute Gasteiger partial charge is 0.333 e. The predicted octanol–water partition coefficient (Wildman–Crippen LogP) is 2.83. The number of hydrogen-bond donors (Lipinski definition) is 0. The molecule has 0 N–H and O–H groups in total. The Morgan fingerprint density at radius 3 is 2.90 bits per heavy atom. The molecule has 21 heavy (non-hydrogen) atoms. The molecule has 1 saturated heterocycles. The fourth-order valence-corrected chi connectivity index (χ4v) is 3.19. The highest BCUT2D eigenvalue weighted by Gasteiger charge is 2.31. The molecule has 0 bridgehead atoms. The maximum Gasteiger partial charge on any atom is 0.270 e. The van der Waals surface area contributed by atoms with Crippen molar-refractivity contribution in [2.24, 2.45) is 7.05 Å². The van der Waals surface area contributed by atoms with E-state index in [1.165, 1.54) is 0 Å². The third kappa shape index (κ3) is 2.68. The highest BCUT2D eigenvalue weighted by atomic mass is 35.5. The molecule has 1 amide bonds. The molecule has 1 aliphatic heterocycles. The van der Waals surface area contributed by atoms with E-state index >= 15 is 0 Å². The van der Waals surface area contributed by atoms with E-state index in [0.717, 1.165) is 19.4 Å². The van der Waals surface area contributed by atoms with E-state index < -0.39 is 0 Å². The normalized spacial score (nSPS) is 18.4. The highest BCUT2D eigenvalue weighted by molar-refractivity contribution is 6.41. The van der Waals surface area contributed by atoms with Gasteiger partial charge in [-0.15, -0.1) is 0 Å². The molecule has 5 nitrogen and oxygen atoms in total. The quantitative estimate of drug-likeness (QED) is 0.870. The second kappa shape index (κ2) is 5.73. The number of carbonyl (C=O) groups excluding carboxylic acids is 1. The van der Waals surface area contributed by atoms with E-state index in [1.54, 1.807) is 23.9 Å². The number of likely N-dealkylation sites (tertiary alicyclic amines) is 1. The Morgan fingerprint density at radius 2 is 2.29 bits per heavy atom. The summed E-state index contributed by atoms with van der Waals surface area (Å²) in [5, 5.41) is 5.01. The summed E-state index contributed by atoms with van der Waals surface area (Å²) in [5.74, 6) is -0.0269. The van der Waals surface area contributed by atoms with Crippen LogP contribution in [0.4, 0.5) is 0 Å². The molecule has 0 unspecified atom stereocenters. The number of aromatic nitrogens is 3. The molecule has 2 aromatic heterocycles. The molecule has 0 aromatic carbocycles. The number of carbonyl (C=O) groups is 1. The van der Waals surface area contributed by atoms with Crippen LogP contribution < -0.4 is 0 Å². The molecule has 0 radical (unpaired) electrons. The summed E-state index contributed by atoms with van der Waals surface area (Å²) in [6.45, 7) is 1.47. The molecule has 2 aromatic rings. The van der Waals surface area contributed by atoms with Gasteiger partial charge in [0.2, 0.25) is 0 Å². The Balaban J connectivity index is 1.81. The Morgan fingerprint density at radius 1 is 1.48 bits per heavy atom. The van der Waals surface area contributed by atoms with Crippen molar-refractivity contribution in [2.75, 3.05) is 6.54 Å². The molecule has 1 fully saturated rings. The van der Waals surface area contributed by atoms with Gasteiger partial charge < -0.3 is 9.47 Å². The lowest BCUT2D eigenvalue weighted by Gasteiger charge is -2.25. The minimum atomic E-state index is -0.0269. The summed E-state index contributed by atoms with van der Waals surface area (Å²) < 4.78 is 3.50. The van der Waals surface area contributed by atoms with Gasteiger partial charge >= 0.3 is 0 Å². The van der Waals surface area contributed by atoms with Crippen LogP contribution in [-0.4, -0.2) is 37.7 Å². The van der Waals surface area contributed by atoms with Gasteiger partial charge in [0, 0.05) is 26.0 Å². The average Bonchev–Trinajstić information content (AvgIpc) is 3.18. The van der Waals surface area contributed by atoms with Gasteiger partial charge in [-0.3, -0.25) is 9.48 Å². The third-order valence-electron chi connectivity index (χ3n) is 3.93. The molecule has 1 atom stereocenters. The minimum absolute atomic E-state index is 0.0269. The summed E-state index contributed by atoms with van der Waals surface area (Å²) >= 11 is 12.0. The van der Waals surface area contributed by atoms with Gasteiger partial charge in [0.25, 0.3) is 5.91 Å². The Labute approximate surface area is 133 Å². The Hall–Kier alpha value is -1.46. The summed E-state index contributed by atoms with van der Waals surface area (Å²) in [7, 11) is 1.75. The third-order valence-corrected chi connectivity index (χ3v) is 4.77. The zero-order valence-electron chi connectivity index (χ0n) is 11.7. The van der Waals surface area contributed by atoms with Gasteiger partial charge in [0.05, 0.1) is 17.6 Å². The first-order valence-electron chi connectivity index (χ1n) is 6.87. The van der Waals surface area contributed by atoms with Crippen molar-refractivity contribution in [3.8, 4) is 0 Å². The van der Waals surface area contributed by atoms with E-state index in [9.17, 15) is 4.79 Å². The molecule has 3 heterocycles. The summed E-state index contributed by atoms with van der Waals surface area (Å²) in [6.07, 6.45) is 5.65. The summed E-state index contributed by atoms with van der Waals surface area (Å²) in [5.41, 5.74) is 0.525. The van der Waals surface area contributed by atoms with Crippen LogP contribution in [0.2, 0.25) is 10.2 Å². The zero-order valence-corrected chi connectivity index (χ0v) is 13.2. The van der Waals surface area contributed by atoms with E-state index in [-0.39, 0.29) is 11.9 Å². The SMILES string of the molecule is Cn1c(C(=O)N2CCC[C@H]2Cn2cccn2)cc(Cl)c1Cl. The molecular weight excluding hydrogens is 311 g/mol. The van der Waals surface area contributed by atoms with Crippen LogP contribution >= 0.6 is 23.2 Å². The molecule has 0 spiro atoms. The molecule has 112 valence electrons. The molecule has 0 aliphatic carbocycles. The van der Waals surface area contributed by atoms with Crippen molar-refractivity contribution in [1.29, 1.82) is 0 Å². The average molecular weight is 327 g/mol. The molecule has 7 heteroatoms. The first-order chi connectivity index (χ1) is 10.1. The number of amides is 1. The van der Waals surface area contributed by atoms with E-state index in [4.69, 9.17) is 23.2 Å². The minimum Gasteiger partial charge on any atom is -0.333 e. The Kier molecular flexibility index (Phi) is 3.95. The van der Waals surface area contributed by atoms with Gasteiger partial charge in [-0.2, -0.15) is 5.10 Å². The Bertz CT molecular complexity index is 650. The van der Waals surface area contributed by atoms with E-state index in [1.807, 2.05) is 21.8 Å². The maximum absolute atomic E-state index is 12.7. The fourth-order valence-electron chi connectivity index (χ4n) is 2.81. The van der Waals surface area contributed by atoms with Crippen molar-refractivity contribution in [3.05, 3.63) is 40.4 Å². The second-order valence-corrected chi connectivity index (χ2v) is 6.02. The van der Waals surface area contributed by atoms with Gasteiger partial charge in [0.15, 0.2) is 0 Å². The summed E-state index contributed by atoms with van der Waals surface area (Å²) in [6, 6.07) is 3.68. The lowest BCUT2D eigenvalue weighted by molar-refractivity contribution is 0.0712. The van der Waals surface area contributed by atoms with E-state index in [2.05, 4.69) is 5.10 Å². The van der Waals surface area contributed by atoms with Crippen molar-refractivity contribution < 1.29 is 4.79 Å². The van der Waals surface area contributed by atoms with Gasteiger partial charge in [-0.1, -0.05) is 23.2 Å². The van der Waals surface area contributed by atoms with Crippen molar-refractivity contribution >= 4 is 29.1 Å². The second-order valence-electron chi connectivity index (χ2n) is 5.25. The number of halogens is 2. The molecule has 1 aliphatic rings. The highest BCUT2D eigenvalue weighted by Crippen LogP contribution is 2.28. The van der Waals surface area contributed by atoms with Crippen LogP contribution in [-0.2, 0) is 13.6 Å². The van der Waals surface area contributed by atoms with E-state index in [0.29, 0.717) is 22.4 Å². The molecule has 3 rings (SSSR count). The first kappa shape index (κ1) is 14.5. The lowest BCUT2D eigenvalue weighted by Crippen LogP contribution is -2.39. The zero-order chi connectivity index (χ0) is 15.0. The molecule has 0 saturated carbocycles. The monoisotopic (exact) mass is 326 g/mol. The van der Waals surface area contributed by atoms with Crippen LogP contribution in [0.15, 0.2) is 24.5 Å². The number of rotatable bonds is 3.